The Morgan fingerprint density at radius 2 is 1.74 bits per heavy atom. The molecule has 0 spiro atoms. The SMILES string of the molecule is O=c1c(Cl)c(Cl)cnn1-c1ccc(NC(CO)c2ccc(Cl)cc2)c(Cl)c1. The summed E-state index contributed by atoms with van der Waals surface area (Å²) in [5, 5.41) is 17.8. The molecular weight excluding hydrogens is 432 g/mol. The summed E-state index contributed by atoms with van der Waals surface area (Å²) in [7, 11) is 0. The lowest BCUT2D eigenvalue weighted by molar-refractivity contribution is 0.276. The van der Waals surface area contributed by atoms with Crippen LogP contribution in [0.15, 0.2) is 53.5 Å². The first-order valence-electron chi connectivity index (χ1n) is 7.77. The number of nitrogens with one attached hydrogen (secondary N) is 1. The van der Waals surface area contributed by atoms with E-state index in [0.29, 0.717) is 21.4 Å². The Bertz CT molecular complexity index is 1020. The molecule has 0 saturated carbocycles. The molecule has 27 heavy (non-hydrogen) atoms. The molecule has 0 aliphatic rings. The molecule has 0 saturated heterocycles. The standard InChI is InChI=1S/C18H13Cl4N3O2/c19-11-3-1-10(2-4-11)16(9-26)24-15-6-5-12(7-13(15)20)25-18(27)17(22)14(21)8-23-25/h1-8,16,24,26H,9H2. The van der Waals surface area contributed by atoms with Crippen molar-refractivity contribution in [1.29, 1.82) is 0 Å². The first kappa shape index (κ1) is 20.0. The van der Waals surface area contributed by atoms with Gasteiger partial charge in [-0.05, 0) is 35.9 Å². The number of anilines is 1. The molecule has 0 fully saturated rings. The highest BCUT2D eigenvalue weighted by Crippen LogP contribution is 2.29. The fraction of sp³-hybridized carbons (Fsp3) is 0.111. The van der Waals surface area contributed by atoms with Crippen molar-refractivity contribution in [3.8, 4) is 5.69 Å². The Morgan fingerprint density at radius 1 is 1.04 bits per heavy atom. The van der Waals surface area contributed by atoms with Crippen LogP contribution < -0.4 is 10.9 Å². The predicted octanol–water partition coefficient (Wildman–Crippen LogP) is 4.99. The van der Waals surface area contributed by atoms with Gasteiger partial charge in [0, 0.05) is 5.02 Å². The Kier molecular flexibility index (Phi) is 6.29. The minimum Gasteiger partial charge on any atom is -0.394 e. The third-order valence-electron chi connectivity index (χ3n) is 3.86. The summed E-state index contributed by atoms with van der Waals surface area (Å²) in [5.74, 6) is 0. The van der Waals surface area contributed by atoms with Crippen molar-refractivity contribution < 1.29 is 5.11 Å². The second-order valence-corrected chi connectivity index (χ2v) is 7.25. The molecule has 140 valence electrons. The maximum absolute atomic E-state index is 12.2. The number of nitrogens with zero attached hydrogens (tertiary/aromatic N) is 2. The van der Waals surface area contributed by atoms with Gasteiger partial charge in [0.05, 0.1) is 40.3 Å². The molecule has 2 aromatic carbocycles. The number of aliphatic hydroxyl groups excluding tert-OH is 1. The van der Waals surface area contributed by atoms with Crippen LogP contribution in [0.3, 0.4) is 0 Å². The van der Waals surface area contributed by atoms with Crippen LogP contribution in [0.5, 0.6) is 0 Å². The van der Waals surface area contributed by atoms with E-state index in [2.05, 4.69) is 10.4 Å². The van der Waals surface area contributed by atoms with Crippen molar-refractivity contribution in [2.24, 2.45) is 0 Å². The Balaban J connectivity index is 1.90. The molecule has 0 bridgehead atoms. The fourth-order valence-corrected chi connectivity index (χ4v) is 3.08. The van der Waals surface area contributed by atoms with Crippen LogP contribution in [-0.4, -0.2) is 21.5 Å². The van der Waals surface area contributed by atoms with Crippen LogP contribution in [0, 0.1) is 0 Å². The predicted molar refractivity (Wildman–Crippen MR) is 110 cm³/mol. The third kappa shape index (κ3) is 4.39. The average Bonchev–Trinajstić information content (AvgIpc) is 2.66. The molecule has 2 N–H and O–H groups in total. The molecule has 9 heteroatoms. The number of hydrogen-bond donors (Lipinski definition) is 2. The number of benzene rings is 2. The van der Waals surface area contributed by atoms with Gasteiger partial charge in [-0.15, -0.1) is 0 Å². The number of hydrogen-bond acceptors (Lipinski definition) is 4. The first-order valence-corrected chi connectivity index (χ1v) is 9.28. The van der Waals surface area contributed by atoms with E-state index in [1.165, 1.54) is 6.20 Å². The van der Waals surface area contributed by atoms with Gasteiger partial charge in [0.1, 0.15) is 5.02 Å². The van der Waals surface area contributed by atoms with Crippen LogP contribution >= 0.6 is 46.4 Å². The van der Waals surface area contributed by atoms with Crippen molar-refractivity contribution in [1.82, 2.24) is 9.78 Å². The van der Waals surface area contributed by atoms with E-state index in [1.807, 2.05) is 12.1 Å². The Labute approximate surface area is 175 Å². The summed E-state index contributed by atoms with van der Waals surface area (Å²) in [6.45, 7) is -0.145. The zero-order valence-electron chi connectivity index (χ0n) is 13.7. The molecule has 1 unspecified atom stereocenters. The molecule has 3 rings (SSSR count). The second-order valence-electron chi connectivity index (χ2n) is 5.62. The minimum atomic E-state index is -0.546. The van der Waals surface area contributed by atoms with Crippen LogP contribution in [0.1, 0.15) is 11.6 Å². The van der Waals surface area contributed by atoms with E-state index in [4.69, 9.17) is 46.4 Å². The molecule has 0 aliphatic heterocycles. The molecule has 0 amide bonds. The van der Waals surface area contributed by atoms with Crippen molar-refractivity contribution in [2.45, 2.75) is 6.04 Å². The molecular formula is C18H13Cl4N3O2. The number of aromatic nitrogens is 2. The number of rotatable bonds is 5. The molecule has 3 aromatic rings. The van der Waals surface area contributed by atoms with Gasteiger partial charge < -0.3 is 10.4 Å². The van der Waals surface area contributed by atoms with E-state index in [1.54, 1.807) is 30.3 Å². The molecule has 1 aromatic heterocycles. The largest absolute Gasteiger partial charge is 0.394 e. The van der Waals surface area contributed by atoms with Gasteiger partial charge in [0.2, 0.25) is 0 Å². The van der Waals surface area contributed by atoms with Crippen molar-refractivity contribution >= 4 is 52.1 Å². The first-order chi connectivity index (χ1) is 12.9. The summed E-state index contributed by atoms with van der Waals surface area (Å²) in [5.41, 5.74) is 1.32. The third-order valence-corrected chi connectivity index (χ3v) is 5.17. The fourth-order valence-electron chi connectivity index (χ4n) is 2.47. The summed E-state index contributed by atoms with van der Waals surface area (Å²) in [6, 6.07) is 11.7. The lowest BCUT2D eigenvalue weighted by Gasteiger charge is -2.19. The summed E-state index contributed by atoms with van der Waals surface area (Å²) < 4.78 is 1.10. The summed E-state index contributed by atoms with van der Waals surface area (Å²) >= 11 is 23.9. The van der Waals surface area contributed by atoms with Crippen molar-refractivity contribution in [3.05, 3.63) is 84.7 Å². The molecule has 1 heterocycles. The normalized spacial score (nSPS) is 12.0. The van der Waals surface area contributed by atoms with E-state index in [9.17, 15) is 9.90 Å². The Morgan fingerprint density at radius 3 is 2.37 bits per heavy atom. The van der Waals surface area contributed by atoms with Gasteiger partial charge in [-0.1, -0.05) is 58.5 Å². The van der Waals surface area contributed by atoms with Gasteiger partial charge >= 0.3 is 0 Å². The molecule has 0 radical (unpaired) electrons. The topological polar surface area (TPSA) is 67.2 Å². The van der Waals surface area contributed by atoms with Gasteiger partial charge in [-0.25, -0.2) is 0 Å². The molecule has 5 nitrogen and oxygen atoms in total. The van der Waals surface area contributed by atoms with Gasteiger partial charge in [0.25, 0.3) is 5.56 Å². The zero-order valence-corrected chi connectivity index (χ0v) is 16.7. The summed E-state index contributed by atoms with van der Waals surface area (Å²) in [4.78, 5) is 12.2. The zero-order chi connectivity index (χ0) is 19.6. The average molecular weight is 445 g/mol. The van der Waals surface area contributed by atoms with Crippen molar-refractivity contribution in [2.75, 3.05) is 11.9 Å². The quantitative estimate of drug-likeness (QED) is 0.581. The minimum absolute atomic E-state index is 0.0797. The second kappa shape index (κ2) is 8.50. The maximum atomic E-state index is 12.2. The monoisotopic (exact) mass is 443 g/mol. The number of aliphatic hydroxyl groups is 1. The van der Waals surface area contributed by atoms with Gasteiger partial charge in [-0.2, -0.15) is 9.78 Å². The van der Waals surface area contributed by atoms with E-state index >= 15 is 0 Å². The lowest BCUT2D eigenvalue weighted by atomic mass is 10.1. The highest BCUT2D eigenvalue weighted by atomic mass is 35.5. The smallest absolute Gasteiger partial charge is 0.291 e. The van der Waals surface area contributed by atoms with E-state index in [0.717, 1.165) is 10.2 Å². The van der Waals surface area contributed by atoms with Gasteiger partial charge in [0.15, 0.2) is 0 Å². The van der Waals surface area contributed by atoms with E-state index < -0.39 is 5.56 Å². The Hall–Kier alpha value is -1.76. The summed E-state index contributed by atoms with van der Waals surface area (Å²) in [6.07, 6.45) is 1.29. The maximum Gasteiger partial charge on any atom is 0.291 e. The highest BCUT2D eigenvalue weighted by Gasteiger charge is 2.14. The van der Waals surface area contributed by atoms with Gasteiger partial charge in [-0.3, -0.25) is 4.79 Å². The lowest BCUT2D eigenvalue weighted by Crippen LogP contribution is -2.21. The van der Waals surface area contributed by atoms with Crippen LogP contribution in [0.25, 0.3) is 5.69 Å². The number of halogens is 4. The van der Waals surface area contributed by atoms with Crippen molar-refractivity contribution in [3.63, 3.8) is 0 Å². The van der Waals surface area contributed by atoms with Crippen LogP contribution in [0.2, 0.25) is 20.1 Å². The van der Waals surface area contributed by atoms with Crippen LogP contribution in [-0.2, 0) is 0 Å². The molecule has 0 aliphatic carbocycles. The highest BCUT2D eigenvalue weighted by molar-refractivity contribution is 6.41. The van der Waals surface area contributed by atoms with E-state index in [-0.39, 0.29) is 22.7 Å². The van der Waals surface area contributed by atoms with Crippen LogP contribution in [0.4, 0.5) is 5.69 Å². The molecule has 1 atom stereocenters.